The SMILES string of the molecule is CCCCCCCCP(CC)CCCCC. The Kier molecular flexibility index (Phi) is 13.9. The lowest BCUT2D eigenvalue weighted by Gasteiger charge is -2.15. The minimum atomic E-state index is 0.405. The van der Waals surface area contributed by atoms with Crippen LogP contribution < -0.4 is 0 Å². The molecule has 0 saturated heterocycles. The van der Waals surface area contributed by atoms with Crippen LogP contribution in [0.5, 0.6) is 0 Å². The maximum Gasteiger partial charge on any atom is -0.0326 e. The lowest BCUT2D eigenvalue weighted by atomic mass is 10.1. The second-order valence-electron chi connectivity index (χ2n) is 4.91. The lowest BCUT2D eigenvalue weighted by Crippen LogP contribution is -1.94. The molecule has 0 aliphatic carbocycles. The average molecular weight is 244 g/mol. The fraction of sp³-hybridized carbons (Fsp3) is 1.00. The zero-order chi connectivity index (χ0) is 12.1. The minimum absolute atomic E-state index is 0.405. The van der Waals surface area contributed by atoms with Crippen LogP contribution in [0.3, 0.4) is 0 Å². The summed E-state index contributed by atoms with van der Waals surface area (Å²) in [5.41, 5.74) is 0. The molecule has 0 bridgehead atoms. The van der Waals surface area contributed by atoms with Gasteiger partial charge in [0.15, 0.2) is 0 Å². The summed E-state index contributed by atoms with van der Waals surface area (Å²) in [5, 5.41) is 0. The molecule has 1 heteroatoms. The molecule has 0 amide bonds. The van der Waals surface area contributed by atoms with Crippen molar-refractivity contribution in [3.05, 3.63) is 0 Å². The van der Waals surface area contributed by atoms with E-state index in [4.69, 9.17) is 0 Å². The van der Waals surface area contributed by atoms with E-state index < -0.39 is 0 Å². The summed E-state index contributed by atoms with van der Waals surface area (Å²) in [6.07, 6.45) is 17.7. The quantitative estimate of drug-likeness (QED) is 0.290. The van der Waals surface area contributed by atoms with Crippen LogP contribution in [0.4, 0.5) is 0 Å². The summed E-state index contributed by atoms with van der Waals surface area (Å²) in [5.74, 6) is 0. The molecule has 0 fully saturated rings. The van der Waals surface area contributed by atoms with E-state index in [0.717, 1.165) is 0 Å². The molecule has 0 radical (unpaired) electrons. The van der Waals surface area contributed by atoms with Gasteiger partial charge in [0, 0.05) is 0 Å². The van der Waals surface area contributed by atoms with Crippen molar-refractivity contribution in [2.24, 2.45) is 0 Å². The number of hydrogen-bond donors (Lipinski definition) is 0. The van der Waals surface area contributed by atoms with Crippen LogP contribution in [0.25, 0.3) is 0 Å². The lowest BCUT2D eigenvalue weighted by molar-refractivity contribution is 0.626. The highest BCUT2D eigenvalue weighted by Crippen LogP contribution is 2.37. The van der Waals surface area contributed by atoms with Gasteiger partial charge >= 0.3 is 0 Å². The summed E-state index contributed by atoms with van der Waals surface area (Å²) in [6.45, 7) is 7.00. The van der Waals surface area contributed by atoms with Crippen molar-refractivity contribution < 1.29 is 0 Å². The first-order chi connectivity index (χ1) is 7.85. The monoisotopic (exact) mass is 244 g/mol. The predicted octanol–water partition coefficient (Wildman–Crippen LogP) is 6.04. The summed E-state index contributed by atoms with van der Waals surface area (Å²) in [7, 11) is 0.405. The van der Waals surface area contributed by atoms with Gasteiger partial charge in [0.05, 0.1) is 0 Å². The zero-order valence-electron chi connectivity index (χ0n) is 11.9. The highest BCUT2D eigenvalue weighted by molar-refractivity contribution is 7.57. The van der Waals surface area contributed by atoms with Gasteiger partial charge in [-0.3, -0.25) is 0 Å². The third-order valence-electron chi connectivity index (χ3n) is 3.35. The van der Waals surface area contributed by atoms with Crippen LogP contribution in [0, 0.1) is 0 Å². The molecule has 1 atom stereocenters. The van der Waals surface area contributed by atoms with Gasteiger partial charge in [0.1, 0.15) is 0 Å². The molecule has 0 rings (SSSR count). The van der Waals surface area contributed by atoms with Crippen molar-refractivity contribution in [2.75, 3.05) is 18.5 Å². The Morgan fingerprint density at radius 1 is 0.562 bits per heavy atom. The van der Waals surface area contributed by atoms with Gasteiger partial charge in [0.2, 0.25) is 0 Å². The molecule has 0 aliphatic heterocycles. The first-order valence-electron chi connectivity index (χ1n) is 7.57. The molecular formula is C15H33P. The van der Waals surface area contributed by atoms with Crippen LogP contribution in [-0.4, -0.2) is 18.5 Å². The highest BCUT2D eigenvalue weighted by Gasteiger charge is 2.04. The Hall–Kier alpha value is 0.430. The van der Waals surface area contributed by atoms with Gasteiger partial charge in [-0.15, -0.1) is 7.92 Å². The van der Waals surface area contributed by atoms with Gasteiger partial charge < -0.3 is 0 Å². The van der Waals surface area contributed by atoms with E-state index in [9.17, 15) is 0 Å². The number of rotatable bonds is 12. The van der Waals surface area contributed by atoms with Crippen LogP contribution in [0.15, 0.2) is 0 Å². The molecule has 0 aromatic rings. The summed E-state index contributed by atoms with van der Waals surface area (Å²) in [6, 6.07) is 0. The first kappa shape index (κ1) is 16.4. The number of unbranched alkanes of at least 4 members (excludes halogenated alkanes) is 7. The van der Waals surface area contributed by atoms with Gasteiger partial charge in [0.25, 0.3) is 0 Å². The largest absolute Gasteiger partial charge is 0.107 e. The van der Waals surface area contributed by atoms with Crippen molar-refractivity contribution in [2.45, 2.75) is 78.6 Å². The second kappa shape index (κ2) is 13.5. The minimum Gasteiger partial charge on any atom is -0.107 e. The molecule has 0 N–H and O–H groups in total. The van der Waals surface area contributed by atoms with E-state index in [0.29, 0.717) is 7.92 Å². The third kappa shape index (κ3) is 10.9. The number of hydrogen-bond acceptors (Lipinski definition) is 0. The average Bonchev–Trinajstić information content (AvgIpc) is 2.31. The fourth-order valence-electron chi connectivity index (χ4n) is 2.13. The van der Waals surface area contributed by atoms with E-state index in [1.54, 1.807) is 12.3 Å². The zero-order valence-corrected chi connectivity index (χ0v) is 12.8. The standard InChI is InChI=1S/C15H33P/c1-4-7-9-10-11-13-15-16(6-3)14-12-8-5-2/h4-15H2,1-3H3. The Bertz CT molecular complexity index is 123. The molecule has 16 heavy (non-hydrogen) atoms. The summed E-state index contributed by atoms with van der Waals surface area (Å²) in [4.78, 5) is 0. The molecule has 0 aromatic heterocycles. The van der Waals surface area contributed by atoms with E-state index >= 15 is 0 Å². The second-order valence-corrected chi connectivity index (χ2v) is 7.78. The molecule has 98 valence electrons. The smallest absolute Gasteiger partial charge is 0.0326 e. The van der Waals surface area contributed by atoms with E-state index in [2.05, 4.69) is 20.8 Å². The molecule has 1 unspecified atom stereocenters. The van der Waals surface area contributed by atoms with Crippen LogP contribution in [0.1, 0.15) is 78.6 Å². The Morgan fingerprint density at radius 3 is 1.56 bits per heavy atom. The van der Waals surface area contributed by atoms with Gasteiger partial charge in [-0.1, -0.05) is 65.7 Å². The van der Waals surface area contributed by atoms with Crippen LogP contribution in [0.2, 0.25) is 0 Å². The van der Waals surface area contributed by atoms with Crippen LogP contribution >= 0.6 is 7.92 Å². The molecule has 0 aliphatic rings. The van der Waals surface area contributed by atoms with E-state index in [-0.39, 0.29) is 0 Å². The van der Waals surface area contributed by atoms with Gasteiger partial charge in [-0.25, -0.2) is 0 Å². The molecule has 0 aromatic carbocycles. The van der Waals surface area contributed by atoms with Gasteiger partial charge in [-0.05, 0) is 31.3 Å². The van der Waals surface area contributed by atoms with Crippen molar-refractivity contribution in [3.8, 4) is 0 Å². The molecule has 0 saturated carbocycles. The third-order valence-corrected chi connectivity index (χ3v) is 6.14. The Morgan fingerprint density at radius 2 is 1.00 bits per heavy atom. The van der Waals surface area contributed by atoms with E-state index in [1.807, 2.05) is 0 Å². The van der Waals surface area contributed by atoms with Crippen molar-refractivity contribution in [1.82, 2.24) is 0 Å². The molecule has 0 heterocycles. The fourth-order valence-corrected chi connectivity index (χ4v) is 4.33. The normalized spacial score (nSPS) is 12.9. The molecule has 0 nitrogen and oxygen atoms in total. The Labute approximate surface area is 105 Å². The predicted molar refractivity (Wildman–Crippen MR) is 80.1 cm³/mol. The maximum atomic E-state index is 2.40. The van der Waals surface area contributed by atoms with Crippen molar-refractivity contribution >= 4 is 7.92 Å². The van der Waals surface area contributed by atoms with Crippen molar-refractivity contribution in [1.29, 1.82) is 0 Å². The summed E-state index contributed by atoms with van der Waals surface area (Å²) < 4.78 is 0. The van der Waals surface area contributed by atoms with Crippen LogP contribution in [-0.2, 0) is 0 Å². The molecular weight excluding hydrogens is 211 g/mol. The maximum absolute atomic E-state index is 2.40. The van der Waals surface area contributed by atoms with Gasteiger partial charge in [-0.2, -0.15) is 0 Å². The summed E-state index contributed by atoms with van der Waals surface area (Å²) >= 11 is 0. The highest BCUT2D eigenvalue weighted by atomic mass is 31.1. The van der Waals surface area contributed by atoms with E-state index in [1.165, 1.54) is 63.9 Å². The first-order valence-corrected chi connectivity index (χ1v) is 9.47. The molecule has 0 spiro atoms. The Balaban J connectivity index is 3.26. The topological polar surface area (TPSA) is 0 Å². The van der Waals surface area contributed by atoms with Crippen molar-refractivity contribution in [3.63, 3.8) is 0 Å².